The van der Waals surface area contributed by atoms with Gasteiger partial charge in [-0.2, -0.15) is 0 Å². The first kappa shape index (κ1) is 14.5. The molecule has 1 fully saturated rings. The van der Waals surface area contributed by atoms with Crippen molar-refractivity contribution in [1.82, 2.24) is 10.2 Å². The Hall–Kier alpha value is -1.88. The number of benzene rings is 1. The van der Waals surface area contributed by atoms with Crippen molar-refractivity contribution in [2.75, 3.05) is 0 Å². The molecule has 6 heteroatoms. The normalized spacial score (nSPS) is 19.2. The number of urea groups is 1. The second-order valence-electron chi connectivity index (χ2n) is 4.65. The lowest BCUT2D eigenvalue weighted by Crippen LogP contribution is -2.57. The zero-order valence-electron chi connectivity index (χ0n) is 11.1. The van der Waals surface area contributed by atoms with Gasteiger partial charge in [0.1, 0.15) is 5.92 Å². The third kappa shape index (κ3) is 2.82. The standard InChI is InChI=1S/C14H15ClN2O3/c1-2-5-10-12(18)16-14(20)17(13(10)19)8-9-6-3-4-7-11(9)15/h3-4,6-7,10H,2,5,8H2,1H3,(H,16,18,20). The van der Waals surface area contributed by atoms with Crippen molar-refractivity contribution >= 4 is 29.4 Å². The molecule has 0 aliphatic carbocycles. The number of barbiturate groups is 1. The number of nitrogens with one attached hydrogen (secondary N) is 1. The van der Waals surface area contributed by atoms with Crippen molar-refractivity contribution in [2.45, 2.75) is 26.3 Å². The highest BCUT2D eigenvalue weighted by Gasteiger charge is 2.39. The molecule has 0 radical (unpaired) electrons. The molecular formula is C14H15ClN2O3. The van der Waals surface area contributed by atoms with E-state index >= 15 is 0 Å². The van der Waals surface area contributed by atoms with Gasteiger partial charge in [0.25, 0.3) is 0 Å². The van der Waals surface area contributed by atoms with E-state index in [0.717, 1.165) is 4.90 Å². The molecule has 0 bridgehead atoms. The van der Waals surface area contributed by atoms with E-state index in [4.69, 9.17) is 11.6 Å². The number of carbonyl (C=O) groups is 3. The Morgan fingerprint density at radius 1 is 1.25 bits per heavy atom. The quantitative estimate of drug-likeness (QED) is 0.867. The van der Waals surface area contributed by atoms with Crippen LogP contribution in [0.25, 0.3) is 0 Å². The predicted octanol–water partition coefficient (Wildman–Crippen LogP) is 2.33. The van der Waals surface area contributed by atoms with Gasteiger partial charge in [-0.15, -0.1) is 0 Å². The van der Waals surface area contributed by atoms with Crippen LogP contribution >= 0.6 is 11.6 Å². The molecule has 4 amide bonds. The predicted molar refractivity (Wildman–Crippen MR) is 73.9 cm³/mol. The number of nitrogens with zero attached hydrogens (tertiary/aromatic N) is 1. The SMILES string of the molecule is CCCC1C(=O)NC(=O)N(Cc2ccccc2Cl)C1=O. The Kier molecular flexibility index (Phi) is 4.39. The maximum atomic E-state index is 12.3. The smallest absolute Gasteiger partial charge is 0.277 e. The Balaban J connectivity index is 2.22. The van der Waals surface area contributed by atoms with Crippen LogP contribution in [0.5, 0.6) is 0 Å². The average molecular weight is 295 g/mol. The summed E-state index contributed by atoms with van der Waals surface area (Å²) in [6.07, 6.45) is 1.12. The van der Waals surface area contributed by atoms with Crippen LogP contribution in [0.15, 0.2) is 24.3 Å². The Bertz CT molecular complexity index is 559. The molecule has 0 saturated carbocycles. The number of hydrogen-bond acceptors (Lipinski definition) is 3. The van der Waals surface area contributed by atoms with Crippen LogP contribution in [0.1, 0.15) is 25.3 Å². The van der Waals surface area contributed by atoms with Gasteiger partial charge in [-0.1, -0.05) is 43.1 Å². The summed E-state index contributed by atoms with van der Waals surface area (Å²) in [4.78, 5) is 36.8. The largest absolute Gasteiger partial charge is 0.331 e. The molecule has 1 N–H and O–H groups in total. The van der Waals surface area contributed by atoms with Crippen LogP contribution in [-0.2, 0) is 16.1 Å². The molecule has 1 saturated heterocycles. The van der Waals surface area contributed by atoms with E-state index in [9.17, 15) is 14.4 Å². The van der Waals surface area contributed by atoms with Crippen LogP contribution in [0.4, 0.5) is 4.79 Å². The van der Waals surface area contributed by atoms with Crippen molar-refractivity contribution in [3.8, 4) is 0 Å². The fraction of sp³-hybridized carbons (Fsp3) is 0.357. The van der Waals surface area contributed by atoms with Gasteiger partial charge in [0.05, 0.1) is 6.54 Å². The molecule has 1 heterocycles. The summed E-state index contributed by atoms with van der Waals surface area (Å²) in [5.74, 6) is -1.77. The first-order chi connectivity index (χ1) is 9.54. The fourth-order valence-electron chi connectivity index (χ4n) is 2.15. The summed E-state index contributed by atoms with van der Waals surface area (Å²) in [5.41, 5.74) is 0.669. The monoisotopic (exact) mass is 294 g/mol. The summed E-state index contributed by atoms with van der Waals surface area (Å²) in [6, 6.07) is 6.30. The molecule has 1 unspecified atom stereocenters. The number of rotatable bonds is 4. The van der Waals surface area contributed by atoms with Crippen molar-refractivity contribution in [3.63, 3.8) is 0 Å². The topological polar surface area (TPSA) is 66.5 Å². The van der Waals surface area contributed by atoms with Crippen molar-refractivity contribution < 1.29 is 14.4 Å². The summed E-state index contributed by atoms with van der Waals surface area (Å²) < 4.78 is 0. The summed E-state index contributed by atoms with van der Waals surface area (Å²) in [7, 11) is 0. The molecule has 1 aliphatic heterocycles. The molecule has 1 aromatic rings. The minimum Gasteiger partial charge on any atom is -0.277 e. The maximum Gasteiger partial charge on any atom is 0.331 e. The average Bonchev–Trinajstić information content (AvgIpc) is 2.41. The highest BCUT2D eigenvalue weighted by molar-refractivity contribution is 6.31. The lowest BCUT2D eigenvalue weighted by atomic mass is 9.99. The minimum absolute atomic E-state index is 0.0673. The molecule has 20 heavy (non-hydrogen) atoms. The van der Waals surface area contributed by atoms with Crippen molar-refractivity contribution in [3.05, 3.63) is 34.9 Å². The van der Waals surface area contributed by atoms with Crippen LogP contribution < -0.4 is 5.32 Å². The number of carbonyl (C=O) groups excluding carboxylic acids is 3. The lowest BCUT2D eigenvalue weighted by molar-refractivity contribution is -0.143. The second kappa shape index (κ2) is 6.05. The van der Waals surface area contributed by atoms with Crippen molar-refractivity contribution in [2.24, 2.45) is 5.92 Å². The summed E-state index contributed by atoms with van der Waals surface area (Å²) in [5, 5.41) is 2.70. The molecule has 0 spiro atoms. The van der Waals surface area contributed by atoms with E-state index in [0.29, 0.717) is 23.4 Å². The van der Waals surface area contributed by atoms with Gasteiger partial charge in [-0.25, -0.2) is 4.79 Å². The van der Waals surface area contributed by atoms with Gasteiger partial charge in [0.15, 0.2) is 0 Å². The Morgan fingerprint density at radius 3 is 2.60 bits per heavy atom. The highest BCUT2D eigenvalue weighted by atomic mass is 35.5. The van der Waals surface area contributed by atoms with Crippen LogP contribution in [0, 0.1) is 5.92 Å². The van der Waals surface area contributed by atoms with E-state index in [1.165, 1.54) is 0 Å². The molecule has 1 aromatic carbocycles. The molecule has 1 atom stereocenters. The van der Waals surface area contributed by atoms with Crippen LogP contribution in [-0.4, -0.2) is 22.7 Å². The number of hydrogen-bond donors (Lipinski definition) is 1. The highest BCUT2D eigenvalue weighted by Crippen LogP contribution is 2.21. The summed E-state index contributed by atoms with van der Waals surface area (Å²) >= 11 is 6.03. The molecule has 5 nitrogen and oxygen atoms in total. The zero-order valence-corrected chi connectivity index (χ0v) is 11.8. The van der Waals surface area contributed by atoms with Gasteiger partial charge in [0.2, 0.25) is 11.8 Å². The number of imide groups is 2. The Morgan fingerprint density at radius 2 is 1.95 bits per heavy atom. The van der Waals surface area contributed by atoms with E-state index in [2.05, 4.69) is 5.32 Å². The van der Waals surface area contributed by atoms with Crippen LogP contribution in [0.3, 0.4) is 0 Å². The number of amides is 4. The van der Waals surface area contributed by atoms with Gasteiger partial charge >= 0.3 is 6.03 Å². The fourth-order valence-corrected chi connectivity index (χ4v) is 2.35. The summed E-state index contributed by atoms with van der Waals surface area (Å²) in [6.45, 7) is 1.95. The first-order valence-corrected chi connectivity index (χ1v) is 6.82. The zero-order chi connectivity index (χ0) is 14.7. The maximum absolute atomic E-state index is 12.3. The molecule has 1 aliphatic rings. The van der Waals surface area contributed by atoms with E-state index < -0.39 is 23.8 Å². The number of halogens is 1. The van der Waals surface area contributed by atoms with Crippen molar-refractivity contribution in [1.29, 1.82) is 0 Å². The van der Waals surface area contributed by atoms with E-state index in [-0.39, 0.29) is 6.54 Å². The molecule has 2 rings (SSSR count). The molecular weight excluding hydrogens is 280 g/mol. The molecule has 0 aromatic heterocycles. The van der Waals surface area contributed by atoms with Gasteiger partial charge < -0.3 is 0 Å². The third-order valence-corrected chi connectivity index (χ3v) is 3.59. The lowest BCUT2D eigenvalue weighted by Gasteiger charge is -2.30. The van der Waals surface area contributed by atoms with Gasteiger partial charge in [-0.3, -0.25) is 19.8 Å². The third-order valence-electron chi connectivity index (χ3n) is 3.22. The first-order valence-electron chi connectivity index (χ1n) is 6.44. The van der Waals surface area contributed by atoms with Crippen LogP contribution in [0.2, 0.25) is 5.02 Å². The molecule has 106 valence electrons. The minimum atomic E-state index is -0.791. The Labute approximate surface area is 121 Å². The van der Waals surface area contributed by atoms with E-state index in [1.54, 1.807) is 24.3 Å². The van der Waals surface area contributed by atoms with E-state index in [1.807, 2.05) is 6.92 Å². The van der Waals surface area contributed by atoms with Gasteiger partial charge in [0, 0.05) is 5.02 Å². The second-order valence-corrected chi connectivity index (χ2v) is 5.06. The van der Waals surface area contributed by atoms with Gasteiger partial charge in [-0.05, 0) is 18.1 Å².